The smallest absolute Gasteiger partial charge is 0.133 e. The van der Waals surface area contributed by atoms with Crippen molar-refractivity contribution in [2.45, 2.75) is 31.9 Å². The minimum absolute atomic E-state index is 0.406. The SMILES string of the molecule is CC(NCC(O)c1ccco1)C1CCOCC1. The molecular weight excluding hydrogens is 218 g/mol. The molecule has 1 aliphatic rings. The average Bonchev–Trinajstić information content (AvgIpc) is 2.90. The molecule has 2 heterocycles. The van der Waals surface area contributed by atoms with Crippen LogP contribution in [0.1, 0.15) is 31.6 Å². The molecule has 0 amide bonds. The highest BCUT2D eigenvalue weighted by atomic mass is 16.5. The maximum absolute atomic E-state index is 9.88. The molecule has 2 N–H and O–H groups in total. The Hall–Kier alpha value is -0.840. The zero-order valence-electron chi connectivity index (χ0n) is 10.3. The molecule has 2 rings (SSSR count). The highest BCUT2D eigenvalue weighted by Crippen LogP contribution is 2.19. The Labute approximate surface area is 102 Å². The summed E-state index contributed by atoms with van der Waals surface area (Å²) in [6.07, 6.45) is 3.23. The minimum Gasteiger partial charge on any atom is -0.467 e. The van der Waals surface area contributed by atoms with Crippen LogP contribution in [-0.4, -0.2) is 30.9 Å². The molecule has 4 heteroatoms. The molecule has 1 fully saturated rings. The van der Waals surface area contributed by atoms with Crippen molar-refractivity contribution in [3.8, 4) is 0 Å². The van der Waals surface area contributed by atoms with Crippen molar-refractivity contribution in [1.82, 2.24) is 5.32 Å². The van der Waals surface area contributed by atoms with E-state index in [1.54, 1.807) is 18.4 Å². The number of ether oxygens (including phenoxy) is 1. The van der Waals surface area contributed by atoms with E-state index in [4.69, 9.17) is 9.15 Å². The van der Waals surface area contributed by atoms with Gasteiger partial charge >= 0.3 is 0 Å². The lowest BCUT2D eigenvalue weighted by atomic mass is 9.93. The summed E-state index contributed by atoms with van der Waals surface area (Å²) >= 11 is 0. The number of rotatable bonds is 5. The summed E-state index contributed by atoms with van der Waals surface area (Å²) in [5.41, 5.74) is 0. The molecule has 1 aromatic rings. The van der Waals surface area contributed by atoms with Crippen LogP contribution in [0.5, 0.6) is 0 Å². The van der Waals surface area contributed by atoms with Crippen LogP contribution in [0, 0.1) is 5.92 Å². The summed E-state index contributed by atoms with van der Waals surface area (Å²) in [6.45, 7) is 4.42. The Morgan fingerprint density at radius 3 is 2.88 bits per heavy atom. The van der Waals surface area contributed by atoms with E-state index in [-0.39, 0.29) is 0 Å². The molecule has 0 radical (unpaired) electrons. The summed E-state index contributed by atoms with van der Waals surface area (Å²) in [5.74, 6) is 1.27. The molecule has 0 aromatic carbocycles. The Morgan fingerprint density at radius 1 is 1.47 bits per heavy atom. The normalized spacial score (nSPS) is 21.3. The molecule has 0 aliphatic carbocycles. The van der Waals surface area contributed by atoms with Gasteiger partial charge in [0, 0.05) is 25.8 Å². The first kappa shape index (κ1) is 12.6. The molecule has 1 saturated heterocycles. The number of nitrogens with one attached hydrogen (secondary N) is 1. The van der Waals surface area contributed by atoms with Gasteiger partial charge in [-0.15, -0.1) is 0 Å². The van der Waals surface area contributed by atoms with Gasteiger partial charge in [0.1, 0.15) is 11.9 Å². The summed E-state index contributed by atoms with van der Waals surface area (Å²) in [6, 6.07) is 4.00. The fraction of sp³-hybridized carbons (Fsp3) is 0.692. The molecule has 0 spiro atoms. The third-order valence-electron chi connectivity index (χ3n) is 3.48. The molecule has 17 heavy (non-hydrogen) atoms. The van der Waals surface area contributed by atoms with E-state index in [9.17, 15) is 5.11 Å². The van der Waals surface area contributed by atoms with Gasteiger partial charge in [0.2, 0.25) is 0 Å². The van der Waals surface area contributed by atoms with Gasteiger partial charge in [0.05, 0.1) is 6.26 Å². The summed E-state index contributed by atoms with van der Waals surface area (Å²) in [4.78, 5) is 0. The fourth-order valence-electron chi connectivity index (χ4n) is 2.26. The quantitative estimate of drug-likeness (QED) is 0.821. The Morgan fingerprint density at radius 2 is 2.24 bits per heavy atom. The highest BCUT2D eigenvalue weighted by molar-refractivity contribution is 5.02. The molecular formula is C13H21NO3. The summed E-state index contributed by atoms with van der Waals surface area (Å²) in [5, 5.41) is 13.3. The first-order valence-corrected chi connectivity index (χ1v) is 6.30. The van der Waals surface area contributed by atoms with Crippen LogP contribution < -0.4 is 5.32 Å². The first-order chi connectivity index (χ1) is 8.27. The molecule has 1 aromatic heterocycles. The number of furan rings is 1. The number of hydrogen-bond donors (Lipinski definition) is 2. The summed E-state index contributed by atoms with van der Waals surface area (Å²) in [7, 11) is 0. The third-order valence-corrected chi connectivity index (χ3v) is 3.48. The van der Waals surface area contributed by atoms with E-state index in [1.165, 1.54) is 0 Å². The molecule has 1 aliphatic heterocycles. The second kappa shape index (κ2) is 6.19. The van der Waals surface area contributed by atoms with Crippen LogP contribution in [0.3, 0.4) is 0 Å². The maximum Gasteiger partial charge on any atom is 0.133 e. The predicted octanol–water partition coefficient (Wildman–Crippen LogP) is 1.72. The number of aliphatic hydroxyl groups excluding tert-OH is 1. The van der Waals surface area contributed by atoms with E-state index in [2.05, 4.69) is 12.2 Å². The van der Waals surface area contributed by atoms with Gasteiger partial charge in [-0.3, -0.25) is 0 Å². The molecule has 96 valence electrons. The van der Waals surface area contributed by atoms with E-state index in [0.717, 1.165) is 26.1 Å². The maximum atomic E-state index is 9.88. The third kappa shape index (κ3) is 3.56. The lowest BCUT2D eigenvalue weighted by molar-refractivity contribution is 0.0529. The van der Waals surface area contributed by atoms with Crippen LogP contribution in [0.15, 0.2) is 22.8 Å². The summed E-state index contributed by atoms with van der Waals surface area (Å²) < 4.78 is 10.5. The van der Waals surface area contributed by atoms with Crippen LogP contribution in [0.25, 0.3) is 0 Å². The topological polar surface area (TPSA) is 54.6 Å². The monoisotopic (exact) mass is 239 g/mol. The van der Waals surface area contributed by atoms with Crippen molar-refractivity contribution in [3.05, 3.63) is 24.2 Å². The Kier molecular flexibility index (Phi) is 4.59. The molecule has 4 nitrogen and oxygen atoms in total. The van der Waals surface area contributed by atoms with Crippen LogP contribution >= 0.6 is 0 Å². The zero-order chi connectivity index (χ0) is 12.1. The lowest BCUT2D eigenvalue weighted by Crippen LogP contribution is -2.38. The van der Waals surface area contributed by atoms with Crippen molar-refractivity contribution in [1.29, 1.82) is 0 Å². The van der Waals surface area contributed by atoms with E-state index in [0.29, 0.717) is 24.3 Å². The van der Waals surface area contributed by atoms with Crippen LogP contribution in [0.4, 0.5) is 0 Å². The van der Waals surface area contributed by atoms with E-state index >= 15 is 0 Å². The number of aliphatic hydroxyl groups is 1. The Balaban J connectivity index is 1.73. The minimum atomic E-state index is -0.563. The van der Waals surface area contributed by atoms with Gasteiger partial charge in [0.25, 0.3) is 0 Å². The lowest BCUT2D eigenvalue weighted by Gasteiger charge is -2.29. The molecule has 2 unspecified atom stereocenters. The van der Waals surface area contributed by atoms with E-state index in [1.807, 2.05) is 0 Å². The fourth-order valence-corrected chi connectivity index (χ4v) is 2.26. The van der Waals surface area contributed by atoms with Crippen molar-refractivity contribution in [2.75, 3.05) is 19.8 Å². The standard InChI is InChI=1S/C13H21NO3/c1-10(11-4-7-16-8-5-11)14-9-12(15)13-3-2-6-17-13/h2-3,6,10-12,14-15H,4-5,7-9H2,1H3. The first-order valence-electron chi connectivity index (χ1n) is 6.30. The number of hydrogen-bond acceptors (Lipinski definition) is 4. The van der Waals surface area contributed by atoms with Crippen molar-refractivity contribution >= 4 is 0 Å². The zero-order valence-corrected chi connectivity index (χ0v) is 10.3. The highest BCUT2D eigenvalue weighted by Gasteiger charge is 2.21. The predicted molar refractivity (Wildman–Crippen MR) is 64.7 cm³/mol. The van der Waals surface area contributed by atoms with Gasteiger partial charge < -0.3 is 19.6 Å². The van der Waals surface area contributed by atoms with Gasteiger partial charge in [-0.2, -0.15) is 0 Å². The van der Waals surface area contributed by atoms with Gasteiger partial charge in [0.15, 0.2) is 0 Å². The van der Waals surface area contributed by atoms with E-state index < -0.39 is 6.10 Å². The van der Waals surface area contributed by atoms with Crippen LogP contribution in [-0.2, 0) is 4.74 Å². The largest absolute Gasteiger partial charge is 0.467 e. The van der Waals surface area contributed by atoms with Crippen molar-refractivity contribution < 1.29 is 14.3 Å². The second-order valence-corrected chi connectivity index (χ2v) is 4.68. The van der Waals surface area contributed by atoms with Gasteiger partial charge in [-0.25, -0.2) is 0 Å². The molecule has 0 bridgehead atoms. The van der Waals surface area contributed by atoms with Crippen molar-refractivity contribution in [2.24, 2.45) is 5.92 Å². The second-order valence-electron chi connectivity index (χ2n) is 4.68. The Bertz CT molecular complexity index is 306. The van der Waals surface area contributed by atoms with Gasteiger partial charge in [-0.1, -0.05) is 0 Å². The van der Waals surface area contributed by atoms with Crippen molar-refractivity contribution in [3.63, 3.8) is 0 Å². The average molecular weight is 239 g/mol. The molecule has 2 atom stereocenters. The molecule has 0 saturated carbocycles. The van der Waals surface area contributed by atoms with Crippen LogP contribution in [0.2, 0.25) is 0 Å². The van der Waals surface area contributed by atoms with Gasteiger partial charge in [-0.05, 0) is 37.8 Å².